The molecule has 0 aliphatic carbocycles. The van der Waals surface area contributed by atoms with Crippen LogP contribution in [-0.2, 0) is 0 Å². The van der Waals surface area contributed by atoms with Crippen LogP contribution in [0.4, 0.5) is 5.82 Å². The van der Waals surface area contributed by atoms with E-state index in [0.717, 1.165) is 0 Å². The van der Waals surface area contributed by atoms with Gasteiger partial charge in [-0.3, -0.25) is 0 Å². The lowest BCUT2D eigenvalue weighted by Gasteiger charge is -1.91. The van der Waals surface area contributed by atoms with E-state index in [0.29, 0.717) is 10.1 Å². The molecule has 1 aromatic carbocycles. The van der Waals surface area contributed by atoms with E-state index < -0.39 is 15.8 Å². The summed E-state index contributed by atoms with van der Waals surface area (Å²) in [5.41, 5.74) is 0.217. The van der Waals surface area contributed by atoms with E-state index in [-0.39, 0.29) is 5.52 Å². The van der Waals surface area contributed by atoms with Crippen LogP contribution in [0.1, 0.15) is 0 Å². The Bertz CT molecular complexity index is 560. The maximum absolute atomic E-state index is 10.7. The van der Waals surface area contributed by atoms with Gasteiger partial charge in [-0.1, -0.05) is 18.2 Å². The van der Waals surface area contributed by atoms with Gasteiger partial charge in [0.1, 0.15) is 0 Å². The van der Waals surface area contributed by atoms with Gasteiger partial charge in [-0.15, -0.1) is 0 Å². The molecule has 2 rings (SSSR count). The molecular weight excluding hydrogens is 202 g/mol. The van der Waals surface area contributed by atoms with Crippen LogP contribution in [-0.4, -0.2) is 14.6 Å². The van der Waals surface area contributed by atoms with Crippen LogP contribution >= 0.6 is 0 Å². The lowest BCUT2D eigenvalue weighted by molar-refractivity contribution is -0.555. The second kappa shape index (κ2) is 3.05. The van der Waals surface area contributed by atoms with E-state index in [2.05, 4.69) is 0 Å². The van der Waals surface area contributed by atoms with Gasteiger partial charge in [0.2, 0.25) is 5.52 Å². The van der Waals surface area contributed by atoms with Crippen LogP contribution in [0.5, 0.6) is 0 Å². The van der Waals surface area contributed by atoms with Gasteiger partial charge in [0.25, 0.3) is 5.03 Å². The van der Waals surface area contributed by atoms with Crippen LogP contribution in [0.15, 0.2) is 30.3 Å². The number of nitro groups is 2. The molecular formula is C8H5N3O4. The van der Waals surface area contributed by atoms with Crippen molar-refractivity contribution in [1.82, 2.24) is 4.68 Å². The van der Waals surface area contributed by atoms with Gasteiger partial charge >= 0.3 is 5.82 Å². The zero-order valence-electron chi connectivity index (χ0n) is 7.36. The average molecular weight is 207 g/mol. The molecule has 0 unspecified atom stereocenters. The second-order valence-electron chi connectivity index (χ2n) is 2.87. The minimum Gasteiger partial charge on any atom is -0.358 e. The summed E-state index contributed by atoms with van der Waals surface area (Å²) in [4.78, 5) is 20.5. The van der Waals surface area contributed by atoms with Gasteiger partial charge in [0.15, 0.2) is 0 Å². The summed E-state index contributed by atoms with van der Waals surface area (Å²) in [7, 11) is 0. The zero-order chi connectivity index (χ0) is 11.0. The summed E-state index contributed by atoms with van der Waals surface area (Å²) in [5.74, 6) is -0.541. The summed E-state index contributed by atoms with van der Waals surface area (Å²) >= 11 is 0. The molecule has 0 aliphatic heterocycles. The first-order valence-electron chi connectivity index (χ1n) is 4.01. The third-order valence-electron chi connectivity index (χ3n) is 2.02. The molecule has 0 saturated carbocycles. The van der Waals surface area contributed by atoms with Crippen LogP contribution in [0, 0.1) is 20.2 Å². The van der Waals surface area contributed by atoms with Crippen molar-refractivity contribution in [2.24, 2.45) is 0 Å². The fourth-order valence-corrected chi connectivity index (χ4v) is 1.43. The van der Waals surface area contributed by atoms with Crippen molar-refractivity contribution in [2.75, 3.05) is 0 Å². The Hall–Kier alpha value is -2.44. The highest BCUT2D eigenvalue weighted by Gasteiger charge is 2.27. The van der Waals surface area contributed by atoms with Gasteiger partial charge in [-0.2, -0.15) is 0 Å². The van der Waals surface area contributed by atoms with Gasteiger partial charge in [0.05, 0.1) is 4.68 Å². The molecule has 0 spiro atoms. The lowest BCUT2D eigenvalue weighted by Crippen LogP contribution is -2.10. The minimum absolute atomic E-state index is 0.217. The van der Waals surface area contributed by atoms with Crippen LogP contribution < -0.4 is 0 Å². The molecule has 0 saturated heterocycles. The number of aromatic nitrogens is 1. The van der Waals surface area contributed by atoms with Gasteiger partial charge in [0, 0.05) is 11.5 Å². The summed E-state index contributed by atoms with van der Waals surface area (Å²) in [6.07, 6.45) is 0. The molecule has 1 aromatic heterocycles. The number of nitrogens with zero attached hydrogens (tertiary/aromatic N) is 3. The summed E-state index contributed by atoms with van der Waals surface area (Å²) in [6.45, 7) is 0. The number of benzene rings is 1. The normalized spacial score (nSPS) is 10.4. The summed E-state index contributed by atoms with van der Waals surface area (Å²) < 4.78 is 0.468. The maximum atomic E-state index is 10.7. The monoisotopic (exact) mass is 207 g/mol. The van der Waals surface area contributed by atoms with Crippen molar-refractivity contribution in [3.63, 3.8) is 0 Å². The standard InChI is InChI=1S/C8H5N3O4/c12-10(13)8-5-6-3-1-2-4-7(6)9(8)11(14)15/h1-5H. The maximum Gasteiger partial charge on any atom is 0.390 e. The quantitative estimate of drug-likeness (QED) is 0.552. The minimum atomic E-state index is -0.805. The molecule has 7 heteroatoms. The molecule has 0 fully saturated rings. The Labute approximate surface area is 82.8 Å². The Morgan fingerprint density at radius 2 is 1.80 bits per heavy atom. The van der Waals surface area contributed by atoms with E-state index in [1.54, 1.807) is 18.2 Å². The van der Waals surface area contributed by atoms with Crippen molar-refractivity contribution in [2.45, 2.75) is 0 Å². The van der Waals surface area contributed by atoms with Gasteiger partial charge < -0.3 is 10.1 Å². The largest absolute Gasteiger partial charge is 0.390 e. The topological polar surface area (TPSA) is 91.2 Å². The first-order chi connectivity index (χ1) is 7.11. The van der Waals surface area contributed by atoms with E-state index in [1.807, 2.05) is 0 Å². The highest BCUT2D eigenvalue weighted by atomic mass is 16.7. The van der Waals surface area contributed by atoms with Crippen molar-refractivity contribution in [1.29, 1.82) is 0 Å². The van der Waals surface area contributed by atoms with Gasteiger partial charge in [-0.25, -0.2) is 10.1 Å². The Balaban J connectivity index is 2.86. The van der Waals surface area contributed by atoms with Crippen molar-refractivity contribution in [3.05, 3.63) is 50.6 Å². The Kier molecular flexibility index (Phi) is 1.86. The molecule has 0 aliphatic rings. The summed E-state index contributed by atoms with van der Waals surface area (Å²) in [5, 5.41) is 20.9. The number of rotatable bonds is 2. The van der Waals surface area contributed by atoms with Crippen LogP contribution in [0.2, 0.25) is 0 Å². The smallest absolute Gasteiger partial charge is 0.358 e. The number of fused-ring (bicyclic) bond motifs is 1. The molecule has 0 N–H and O–H groups in total. The van der Waals surface area contributed by atoms with Crippen molar-refractivity contribution < 1.29 is 9.96 Å². The fourth-order valence-electron chi connectivity index (χ4n) is 1.43. The molecule has 0 atom stereocenters. The van der Waals surface area contributed by atoms with E-state index >= 15 is 0 Å². The zero-order valence-corrected chi connectivity index (χ0v) is 7.36. The molecule has 0 amide bonds. The number of hydrogen-bond acceptors (Lipinski definition) is 4. The molecule has 76 valence electrons. The van der Waals surface area contributed by atoms with Crippen molar-refractivity contribution >= 4 is 16.7 Å². The molecule has 15 heavy (non-hydrogen) atoms. The highest BCUT2D eigenvalue weighted by Crippen LogP contribution is 2.24. The second-order valence-corrected chi connectivity index (χ2v) is 2.87. The molecule has 1 heterocycles. The number of para-hydroxylation sites is 1. The predicted octanol–water partition coefficient (Wildman–Crippen LogP) is 1.59. The van der Waals surface area contributed by atoms with Crippen LogP contribution in [0.25, 0.3) is 10.9 Å². The molecule has 2 aromatic rings. The third-order valence-corrected chi connectivity index (χ3v) is 2.02. The SMILES string of the molecule is O=[N+]([O-])c1cc2ccccc2n1[N+](=O)[O-]. The first-order valence-corrected chi connectivity index (χ1v) is 4.01. The Morgan fingerprint density at radius 3 is 2.40 bits per heavy atom. The highest BCUT2D eigenvalue weighted by molar-refractivity contribution is 5.82. The fraction of sp³-hybridized carbons (Fsp3) is 0. The summed E-state index contributed by atoms with van der Waals surface area (Å²) in [6, 6.07) is 7.48. The predicted molar refractivity (Wildman–Crippen MR) is 51.0 cm³/mol. The third kappa shape index (κ3) is 1.30. The van der Waals surface area contributed by atoms with E-state index in [9.17, 15) is 20.2 Å². The van der Waals surface area contributed by atoms with Crippen molar-refractivity contribution in [3.8, 4) is 0 Å². The Morgan fingerprint density at radius 1 is 1.13 bits per heavy atom. The number of hydrogen-bond donors (Lipinski definition) is 0. The molecule has 0 radical (unpaired) electrons. The first kappa shape index (κ1) is 9.13. The van der Waals surface area contributed by atoms with E-state index in [4.69, 9.17) is 0 Å². The van der Waals surface area contributed by atoms with Crippen LogP contribution in [0.3, 0.4) is 0 Å². The van der Waals surface area contributed by atoms with Gasteiger partial charge in [-0.05, 0) is 11.0 Å². The molecule has 7 nitrogen and oxygen atoms in total. The van der Waals surface area contributed by atoms with E-state index in [1.165, 1.54) is 12.1 Å². The lowest BCUT2D eigenvalue weighted by atomic mass is 10.2. The molecule has 0 bridgehead atoms. The average Bonchev–Trinajstić information content (AvgIpc) is 2.56.